The van der Waals surface area contributed by atoms with Gasteiger partial charge in [-0.2, -0.15) is 0 Å². The maximum atomic E-state index is 13.0. The first-order chi connectivity index (χ1) is 13.0. The summed E-state index contributed by atoms with van der Waals surface area (Å²) in [6.45, 7) is 8.60. The van der Waals surface area contributed by atoms with Gasteiger partial charge in [-0.05, 0) is 30.8 Å². The van der Waals surface area contributed by atoms with E-state index < -0.39 is 5.76 Å². The molecule has 1 amide bonds. The molecular weight excluding hydrogens is 351 g/mol. The van der Waals surface area contributed by atoms with E-state index in [1.54, 1.807) is 0 Å². The minimum Gasteiger partial charge on any atom is -0.408 e. The molecule has 146 valence electrons. The van der Waals surface area contributed by atoms with Gasteiger partial charge in [0.2, 0.25) is 5.91 Å². The van der Waals surface area contributed by atoms with Crippen LogP contribution in [0.1, 0.15) is 6.92 Å². The molecule has 0 unspecified atom stereocenters. The lowest BCUT2D eigenvalue weighted by atomic mass is 10.2. The molecule has 1 N–H and O–H groups in total. The molecular formula is C19H25FN4O3. The summed E-state index contributed by atoms with van der Waals surface area (Å²) in [7, 11) is 0. The zero-order valence-electron chi connectivity index (χ0n) is 15.5. The van der Waals surface area contributed by atoms with Crippen molar-refractivity contribution in [2.45, 2.75) is 13.5 Å². The Kier molecular flexibility index (Phi) is 6.41. The van der Waals surface area contributed by atoms with Crippen LogP contribution >= 0.6 is 0 Å². The van der Waals surface area contributed by atoms with Crippen molar-refractivity contribution in [2.75, 3.05) is 45.8 Å². The van der Waals surface area contributed by atoms with Gasteiger partial charge in [-0.1, -0.05) is 6.92 Å². The molecule has 1 aromatic heterocycles. The predicted molar refractivity (Wildman–Crippen MR) is 99.9 cm³/mol. The number of amides is 1. The van der Waals surface area contributed by atoms with E-state index >= 15 is 0 Å². The summed E-state index contributed by atoms with van der Waals surface area (Å²) >= 11 is 0. The van der Waals surface area contributed by atoms with Crippen LogP contribution in [0.2, 0.25) is 0 Å². The van der Waals surface area contributed by atoms with Crippen molar-refractivity contribution < 1.29 is 13.6 Å². The van der Waals surface area contributed by atoms with E-state index in [0.717, 1.165) is 39.3 Å². The molecule has 0 aliphatic carbocycles. The zero-order chi connectivity index (χ0) is 19.2. The third kappa shape index (κ3) is 5.27. The van der Waals surface area contributed by atoms with Gasteiger partial charge in [0.1, 0.15) is 12.4 Å². The minimum absolute atomic E-state index is 0.104. The second-order valence-electron chi connectivity index (χ2n) is 6.62. The molecule has 1 aliphatic rings. The number of carbonyl (C=O) groups excluding carboxylic acids is 1. The number of aromatic nitrogens is 1. The van der Waals surface area contributed by atoms with E-state index in [4.69, 9.17) is 4.42 Å². The maximum absolute atomic E-state index is 13.0. The monoisotopic (exact) mass is 376 g/mol. The number of halogens is 1. The van der Waals surface area contributed by atoms with Crippen molar-refractivity contribution in [3.05, 3.63) is 46.8 Å². The lowest BCUT2D eigenvalue weighted by Gasteiger charge is -2.33. The summed E-state index contributed by atoms with van der Waals surface area (Å²) < 4.78 is 19.4. The Labute approximate surface area is 157 Å². The molecule has 1 aromatic carbocycles. The number of rotatable bonds is 7. The summed E-state index contributed by atoms with van der Waals surface area (Å²) in [5, 5.41) is 2.84. The first kappa shape index (κ1) is 19.3. The molecule has 0 saturated carbocycles. The highest BCUT2D eigenvalue weighted by molar-refractivity contribution is 5.75. The quantitative estimate of drug-likeness (QED) is 0.781. The van der Waals surface area contributed by atoms with Gasteiger partial charge >= 0.3 is 5.76 Å². The Morgan fingerprint density at radius 2 is 1.81 bits per heavy atom. The number of nitrogens with zero attached hydrogens (tertiary/aromatic N) is 3. The van der Waals surface area contributed by atoms with Crippen molar-refractivity contribution in [3.8, 4) is 11.3 Å². The highest BCUT2D eigenvalue weighted by Gasteiger charge is 2.15. The number of piperazine rings is 1. The van der Waals surface area contributed by atoms with Crippen molar-refractivity contribution in [3.63, 3.8) is 0 Å². The molecule has 1 aliphatic heterocycles. The Morgan fingerprint density at radius 3 is 2.48 bits per heavy atom. The predicted octanol–water partition coefficient (Wildman–Crippen LogP) is 1.00. The second-order valence-corrected chi connectivity index (χ2v) is 6.62. The van der Waals surface area contributed by atoms with Gasteiger partial charge in [-0.3, -0.25) is 14.3 Å². The molecule has 0 bridgehead atoms. The highest BCUT2D eigenvalue weighted by Crippen LogP contribution is 2.18. The fraction of sp³-hybridized carbons (Fsp3) is 0.474. The first-order valence-corrected chi connectivity index (χ1v) is 9.23. The number of carbonyl (C=O) groups is 1. The van der Waals surface area contributed by atoms with Crippen LogP contribution in [0.4, 0.5) is 4.39 Å². The first-order valence-electron chi connectivity index (χ1n) is 9.23. The Morgan fingerprint density at radius 1 is 1.15 bits per heavy atom. The Hall–Kier alpha value is -2.45. The van der Waals surface area contributed by atoms with Crippen LogP contribution in [0.15, 0.2) is 39.7 Å². The van der Waals surface area contributed by atoms with Crippen LogP contribution < -0.4 is 11.1 Å². The highest BCUT2D eigenvalue weighted by atomic mass is 19.1. The van der Waals surface area contributed by atoms with Crippen molar-refractivity contribution in [2.24, 2.45) is 0 Å². The van der Waals surface area contributed by atoms with Gasteiger partial charge in [0.25, 0.3) is 0 Å². The number of likely N-dealkylation sites (N-methyl/N-ethyl adjacent to an activating group) is 1. The largest absolute Gasteiger partial charge is 0.419 e. The van der Waals surface area contributed by atoms with E-state index in [9.17, 15) is 14.0 Å². The van der Waals surface area contributed by atoms with Gasteiger partial charge in [0, 0.05) is 44.8 Å². The molecule has 0 spiro atoms. The van der Waals surface area contributed by atoms with Gasteiger partial charge in [-0.25, -0.2) is 9.18 Å². The van der Waals surface area contributed by atoms with Crippen LogP contribution in [0.3, 0.4) is 0 Å². The van der Waals surface area contributed by atoms with Crippen molar-refractivity contribution >= 4 is 5.91 Å². The Balaban J connectivity index is 1.47. The molecule has 7 nitrogen and oxygen atoms in total. The van der Waals surface area contributed by atoms with Gasteiger partial charge in [-0.15, -0.1) is 0 Å². The number of nitrogens with one attached hydrogen (secondary N) is 1. The van der Waals surface area contributed by atoms with E-state index in [2.05, 4.69) is 22.0 Å². The topological polar surface area (TPSA) is 70.7 Å². The van der Waals surface area contributed by atoms with Gasteiger partial charge in [0.15, 0.2) is 5.76 Å². The van der Waals surface area contributed by atoms with E-state index in [1.807, 2.05) is 0 Å². The van der Waals surface area contributed by atoms with Crippen molar-refractivity contribution in [1.29, 1.82) is 0 Å². The average molecular weight is 376 g/mol. The van der Waals surface area contributed by atoms with Crippen LogP contribution in [0, 0.1) is 5.82 Å². The standard InChI is InChI=1S/C19H25FN4O3/c1-2-22-9-11-23(12-10-22)8-7-21-18(25)14-24-13-17(27-19(24)26)15-3-5-16(20)6-4-15/h3-6,13H,2,7-12,14H2,1H3,(H,21,25). The zero-order valence-corrected chi connectivity index (χ0v) is 15.5. The van der Waals surface area contributed by atoms with Crippen LogP contribution in [-0.4, -0.2) is 66.1 Å². The summed E-state index contributed by atoms with van der Waals surface area (Å²) in [5.41, 5.74) is 0.582. The van der Waals surface area contributed by atoms with E-state index in [0.29, 0.717) is 17.9 Å². The van der Waals surface area contributed by atoms with Gasteiger partial charge < -0.3 is 14.6 Å². The summed E-state index contributed by atoms with van der Waals surface area (Å²) in [6, 6.07) is 5.63. The third-order valence-electron chi connectivity index (χ3n) is 4.81. The van der Waals surface area contributed by atoms with Crippen LogP contribution in [-0.2, 0) is 11.3 Å². The van der Waals surface area contributed by atoms with E-state index in [-0.39, 0.29) is 18.3 Å². The normalized spacial score (nSPS) is 15.8. The minimum atomic E-state index is -0.611. The molecule has 0 atom stereocenters. The molecule has 3 rings (SSSR count). The molecule has 2 heterocycles. The molecule has 8 heteroatoms. The summed E-state index contributed by atoms with van der Waals surface area (Å²) in [5.74, 6) is -0.909. The average Bonchev–Trinajstić information content (AvgIpc) is 3.03. The second kappa shape index (κ2) is 8.96. The molecule has 1 saturated heterocycles. The van der Waals surface area contributed by atoms with E-state index in [1.165, 1.54) is 35.0 Å². The molecule has 2 aromatic rings. The fourth-order valence-corrected chi connectivity index (χ4v) is 3.12. The third-order valence-corrected chi connectivity index (χ3v) is 4.81. The van der Waals surface area contributed by atoms with Gasteiger partial charge in [0.05, 0.1) is 6.20 Å². The number of benzene rings is 1. The molecule has 27 heavy (non-hydrogen) atoms. The molecule has 1 fully saturated rings. The molecule has 0 radical (unpaired) electrons. The maximum Gasteiger partial charge on any atom is 0.419 e. The summed E-state index contributed by atoms with van der Waals surface area (Å²) in [6.07, 6.45) is 1.47. The number of hydrogen-bond acceptors (Lipinski definition) is 5. The lowest BCUT2D eigenvalue weighted by Crippen LogP contribution is -2.48. The Bertz CT molecular complexity index is 807. The smallest absolute Gasteiger partial charge is 0.408 e. The summed E-state index contributed by atoms with van der Waals surface area (Å²) in [4.78, 5) is 28.8. The lowest BCUT2D eigenvalue weighted by molar-refractivity contribution is -0.121. The van der Waals surface area contributed by atoms with Crippen LogP contribution in [0.25, 0.3) is 11.3 Å². The number of hydrogen-bond donors (Lipinski definition) is 1. The van der Waals surface area contributed by atoms with Crippen molar-refractivity contribution in [1.82, 2.24) is 19.7 Å². The van der Waals surface area contributed by atoms with Crippen LogP contribution in [0.5, 0.6) is 0 Å². The SMILES string of the molecule is CCN1CCN(CCNC(=O)Cn2cc(-c3ccc(F)cc3)oc2=O)CC1. The fourth-order valence-electron chi connectivity index (χ4n) is 3.12. The number of oxazole rings is 1.